The molecular formula is C13H19FN2O3S. The van der Waals surface area contributed by atoms with Gasteiger partial charge in [0.25, 0.3) is 0 Å². The highest BCUT2D eigenvalue weighted by Gasteiger charge is 2.22. The van der Waals surface area contributed by atoms with Crippen molar-refractivity contribution < 1.29 is 17.5 Å². The summed E-state index contributed by atoms with van der Waals surface area (Å²) < 4.78 is 44.9. The Labute approximate surface area is 118 Å². The van der Waals surface area contributed by atoms with E-state index in [1.807, 2.05) is 0 Å². The first kappa shape index (κ1) is 15.4. The summed E-state index contributed by atoms with van der Waals surface area (Å²) in [6, 6.07) is 4.75. The number of hydrogen-bond acceptors (Lipinski definition) is 4. The first-order valence-corrected chi connectivity index (χ1v) is 8.09. The average Bonchev–Trinajstić information content (AvgIpc) is 2.46. The van der Waals surface area contributed by atoms with Crippen molar-refractivity contribution >= 4 is 10.0 Å². The highest BCUT2D eigenvalue weighted by Crippen LogP contribution is 2.10. The van der Waals surface area contributed by atoms with Crippen molar-refractivity contribution in [3.05, 3.63) is 30.1 Å². The van der Waals surface area contributed by atoms with Crippen molar-refractivity contribution in [1.82, 2.24) is 9.62 Å². The fourth-order valence-electron chi connectivity index (χ4n) is 2.09. The third kappa shape index (κ3) is 3.99. The van der Waals surface area contributed by atoms with Crippen molar-refractivity contribution in [3.63, 3.8) is 0 Å². The van der Waals surface area contributed by atoms with E-state index in [9.17, 15) is 12.8 Å². The number of rotatable bonds is 5. The third-order valence-electron chi connectivity index (χ3n) is 3.30. The lowest BCUT2D eigenvalue weighted by molar-refractivity contribution is -0.0229. The first-order chi connectivity index (χ1) is 9.51. The molecule has 1 N–H and O–H groups in total. The van der Waals surface area contributed by atoms with Crippen molar-refractivity contribution in [2.24, 2.45) is 0 Å². The van der Waals surface area contributed by atoms with Gasteiger partial charge in [-0.3, -0.25) is 4.90 Å². The molecule has 2 rings (SSSR count). The molecule has 1 aliphatic rings. The van der Waals surface area contributed by atoms with Crippen LogP contribution in [0.4, 0.5) is 4.39 Å². The first-order valence-electron chi connectivity index (χ1n) is 6.60. The van der Waals surface area contributed by atoms with Gasteiger partial charge in [-0.25, -0.2) is 17.5 Å². The van der Waals surface area contributed by atoms with Crippen LogP contribution in [0.5, 0.6) is 0 Å². The molecule has 1 fully saturated rings. The van der Waals surface area contributed by atoms with E-state index in [0.29, 0.717) is 13.2 Å². The van der Waals surface area contributed by atoms with Gasteiger partial charge in [0, 0.05) is 19.6 Å². The van der Waals surface area contributed by atoms with Crippen LogP contribution in [0.2, 0.25) is 0 Å². The Balaban J connectivity index is 1.94. The van der Waals surface area contributed by atoms with Crippen molar-refractivity contribution in [3.8, 4) is 0 Å². The molecule has 1 heterocycles. The molecule has 0 radical (unpaired) electrons. The van der Waals surface area contributed by atoms with Gasteiger partial charge in [-0.2, -0.15) is 0 Å². The summed E-state index contributed by atoms with van der Waals surface area (Å²) in [5.74, 6) is -0.460. The van der Waals surface area contributed by atoms with Gasteiger partial charge < -0.3 is 4.74 Å². The van der Waals surface area contributed by atoms with Gasteiger partial charge in [-0.15, -0.1) is 0 Å². The van der Waals surface area contributed by atoms with Gasteiger partial charge in [-0.1, -0.05) is 6.92 Å². The minimum Gasteiger partial charge on any atom is -0.374 e. The largest absolute Gasteiger partial charge is 0.374 e. The van der Waals surface area contributed by atoms with E-state index in [0.717, 1.165) is 25.2 Å². The molecule has 1 saturated heterocycles. The molecule has 1 aromatic carbocycles. The summed E-state index contributed by atoms with van der Waals surface area (Å²) in [6.45, 7) is 5.39. The molecule has 0 aromatic heterocycles. The summed E-state index contributed by atoms with van der Waals surface area (Å²) in [5, 5.41) is 0. The van der Waals surface area contributed by atoms with E-state index in [-0.39, 0.29) is 17.5 Å². The molecule has 7 heteroatoms. The molecule has 112 valence electrons. The molecule has 0 bridgehead atoms. The summed E-state index contributed by atoms with van der Waals surface area (Å²) in [5.41, 5.74) is 0. The average molecular weight is 302 g/mol. The van der Waals surface area contributed by atoms with Crippen LogP contribution in [0, 0.1) is 5.82 Å². The van der Waals surface area contributed by atoms with Crippen molar-refractivity contribution in [2.75, 3.05) is 32.8 Å². The summed E-state index contributed by atoms with van der Waals surface area (Å²) in [4.78, 5) is 2.27. The van der Waals surface area contributed by atoms with Gasteiger partial charge in [0.15, 0.2) is 0 Å². The number of hydrogen-bond donors (Lipinski definition) is 1. The van der Waals surface area contributed by atoms with Crippen LogP contribution in [0.1, 0.15) is 6.92 Å². The van der Waals surface area contributed by atoms with Crippen LogP contribution >= 0.6 is 0 Å². The Morgan fingerprint density at radius 3 is 2.75 bits per heavy atom. The van der Waals surface area contributed by atoms with Crippen molar-refractivity contribution in [1.29, 1.82) is 0 Å². The fourth-order valence-corrected chi connectivity index (χ4v) is 3.16. The highest BCUT2D eigenvalue weighted by molar-refractivity contribution is 7.89. The van der Waals surface area contributed by atoms with Crippen LogP contribution in [0.3, 0.4) is 0 Å². The molecular weight excluding hydrogens is 283 g/mol. The Hall–Kier alpha value is -1.02. The Morgan fingerprint density at radius 2 is 2.10 bits per heavy atom. The van der Waals surface area contributed by atoms with Crippen LogP contribution in [-0.2, 0) is 14.8 Å². The summed E-state index contributed by atoms with van der Waals surface area (Å²) >= 11 is 0. The zero-order valence-electron chi connectivity index (χ0n) is 11.4. The van der Waals surface area contributed by atoms with Crippen LogP contribution in [0.25, 0.3) is 0 Å². The molecule has 5 nitrogen and oxygen atoms in total. The Kier molecular flexibility index (Phi) is 5.09. The normalized spacial score (nSPS) is 21.0. The van der Waals surface area contributed by atoms with E-state index in [1.54, 1.807) is 0 Å². The molecule has 0 saturated carbocycles. The smallest absolute Gasteiger partial charge is 0.240 e. The lowest BCUT2D eigenvalue weighted by Gasteiger charge is -2.32. The number of sulfonamides is 1. The lowest BCUT2D eigenvalue weighted by Crippen LogP contribution is -2.47. The van der Waals surface area contributed by atoms with E-state index >= 15 is 0 Å². The van der Waals surface area contributed by atoms with Gasteiger partial charge in [0.2, 0.25) is 10.0 Å². The van der Waals surface area contributed by atoms with E-state index in [1.165, 1.54) is 12.1 Å². The van der Waals surface area contributed by atoms with E-state index in [2.05, 4.69) is 16.5 Å². The molecule has 0 spiro atoms. The monoisotopic (exact) mass is 302 g/mol. The number of nitrogens with one attached hydrogen (secondary N) is 1. The lowest BCUT2D eigenvalue weighted by atomic mass is 10.3. The second kappa shape index (κ2) is 6.62. The molecule has 0 amide bonds. The van der Waals surface area contributed by atoms with E-state index < -0.39 is 15.8 Å². The van der Waals surface area contributed by atoms with Crippen LogP contribution < -0.4 is 4.72 Å². The maximum Gasteiger partial charge on any atom is 0.240 e. The second-order valence-electron chi connectivity index (χ2n) is 4.69. The van der Waals surface area contributed by atoms with Gasteiger partial charge >= 0.3 is 0 Å². The third-order valence-corrected chi connectivity index (χ3v) is 4.73. The maximum atomic E-state index is 12.8. The SMILES string of the molecule is CCN1CCOC(CNS(=O)(=O)c2ccc(F)cc2)C1. The zero-order valence-corrected chi connectivity index (χ0v) is 12.2. The molecule has 1 aliphatic heterocycles. The number of likely N-dealkylation sites (N-methyl/N-ethyl adjacent to an activating group) is 1. The molecule has 20 heavy (non-hydrogen) atoms. The zero-order chi connectivity index (χ0) is 14.6. The van der Waals surface area contributed by atoms with Crippen LogP contribution in [-0.4, -0.2) is 52.2 Å². The molecule has 1 atom stereocenters. The summed E-state index contributed by atoms with van der Waals surface area (Å²) in [7, 11) is -3.62. The predicted molar refractivity (Wildman–Crippen MR) is 73.4 cm³/mol. The Morgan fingerprint density at radius 1 is 1.40 bits per heavy atom. The van der Waals surface area contributed by atoms with Gasteiger partial charge in [-0.05, 0) is 30.8 Å². The second-order valence-corrected chi connectivity index (χ2v) is 6.46. The topological polar surface area (TPSA) is 58.6 Å². The maximum absolute atomic E-state index is 12.8. The molecule has 1 aromatic rings. The standard InChI is InChI=1S/C13H19FN2O3S/c1-2-16-7-8-19-12(10-16)9-15-20(17,18)13-5-3-11(14)4-6-13/h3-6,12,15H,2,7-10H2,1H3. The highest BCUT2D eigenvalue weighted by atomic mass is 32.2. The number of halogens is 1. The van der Waals surface area contributed by atoms with Crippen LogP contribution in [0.15, 0.2) is 29.2 Å². The van der Waals surface area contributed by atoms with Gasteiger partial charge in [0.1, 0.15) is 5.82 Å². The van der Waals surface area contributed by atoms with Gasteiger partial charge in [0.05, 0.1) is 17.6 Å². The van der Waals surface area contributed by atoms with Crippen molar-refractivity contribution in [2.45, 2.75) is 17.9 Å². The number of ether oxygens (including phenoxy) is 1. The predicted octanol–water partition coefficient (Wildman–Crippen LogP) is 0.825. The van der Waals surface area contributed by atoms with E-state index in [4.69, 9.17) is 4.74 Å². The fraction of sp³-hybridized carbons (Fsp3) is 0.538. The quantitative estimate of drug-likeness (QED) is 0.875. The minimum atomic E-state index is -3.62. The summed E-state index contributed by atoms with van der Waals surface area (Å²) in [6.07, 6.45) is -0.154. The molecule has 0 aliphatic carbocycles. The number of morpholine rings is 1. The number of nitrogens with zero attached hydrogens (tertiary/aromatic N) is 1. The molecule has 1 unspecified atom stereocenters. The number of benzene rings is 1. The minimum absolute atomic E-state index is 0.0575. The Bertz CT molecular complexity index is 533.